The van der Waals surface area contributed by atoms with Crippen molar-refractivity contribution < 1.29 is 31.5 Å². The van der Waals surface area contributed by atoms with E-state index >= 15 is 4.39 Å². The molecule has 0 bridgehead atoms. The first-order chi connectivity index (χ1) is 17.0. The molecule has 0 unspecified atom stereocenters. The SMILES string of the molecule is CC(C)(F)c1c(C(=O)N[C@H]2CCOc3ccc(F)cc32)sc2c(-c3cc(F)cc(F)c3)c(F)cnc12. The van der Waals surface area contributed by atoms with Crippen LogP contribution >= 0.6 is 11.3 Å². The molecular formula is C26H19F5N2O2S. The highest BCUT2D eigenvalue weighted by molar-refractivity contribution is 7.21. The van der Waals surface area contributed by atoms with Crippen LogP contribution in [0.25, 0.3) is 21.3 Å². The van der Waals surface area contributed by atoms with Gasteiger partial charge in [0.2, 0.25) is 0 Å². The maximum Gasteiger partial charge on any atom is 0.262 e. The van der Waals surface area contributed by atoms with Gasteiger partial charge in [-0.2, -0.15) is 0 Å². The number of carbonyl (C=O) groups is 1. The van der Waals surface area contributed by atoms with E-state index in [1.165, 1.54) is 32.0 Å². The molecule has 1 amide bonds. The molecule has 1 N–H and O–H groups in total. The highest BCUT2D eigenvalue weighted by Crippen LogP contribution is 2.44. The highest BCUT2D eigenvalue weighted by Gasteiger charge is 2.34. The summed E-state index contributed by atoms with van der Waals surface area (Å²) in [6.07, 6.45) is 1.18. The Hall–Kier alpha value is -3.53. The number of thiophene rings is 1. The molecule has 1 aliphatic heterocycles. The summed E-state index contributed by atoms with van der Waals surface area (Å²) in [6, 6.07) is 5.92. The molecule has 4 nitrogen and oxygen atoms in total. The molecule has 5 rings (SSSR count). The topological polar surface area (TPSA) is 51.2 Å². The Balaban J connectivity index is 1.65. The predicted octanol–water partition coefficient (Wildman–Crippen LogP) is 6.98. The average molecular weight is 519 g/mol. The first-order valence-electron chi connectivity index (χ1n) is 11.0. The molecule has 186 valence electrons. The third-order valence-corrected chi connectivity index (χ3v) is 7.12. The number of alkyl halides is 1. The van der Waals surface area contributed by atoms with Crippen LogP contribution in [0.2, 0.25) is 0 Å². The van der Waals surface area contributed by atoms with Crippen LogP contribution in [-0.2, 0) is 5.67 Å². The van der Waals surface area contributed by atoms with Gasteiger partial charge >= 0.3 is 0 Å². The maximum absolute atomic E-state index is 15.4. The lowest BCUT2D eigenvalue weighted by atomic mass is 9.96. The second-order valence-electron chi connectivity index (χ2n) is 8.94. The minimum atomic E-state index is -2.07. The number of halogens is 5. The number of rotatable bonds is 4. The summed E-state index contributed by atoms with van der Waals surface area (Å²) in [6.45, 7) is 2.74. The fraction of sp³-hybridized carbons (Fsp3) is 0.231. The largest absolute Gasteiger partial charge is 0.493 e. The summed E-state index contributed by atoms with van der Waals surface area (Å²) < 4.78 is 77.7. The molecule has 0 spiro atoms. The van der Waals surface area contributed by atoms with Crippen LogP contribution in [0.3, 0.4) is 0 Å². The zero-order valence-corrected chi connectivity index (χ0v) is 19.9. The number of fused-ring (bicyclic) bond motifs is 2. The van der Waals surface area contributed by atoms with Crippen molar-refractivity contribution in [2.24, 2.45) is 0 Å². The molecule has 0 aliphatic carbocycles. The Bertz CT molecular complexity index is 1490. The van der Waals surface area contributed by atoms with Crippen LogP contribution in [0.5, 0.6) is 5.75 Å². The Morgan fingerprint density at radius 2 is 1.81 bits per heavy atom. The Morgan fingerprint density at radius 1 is 1.08 bits per heavy atom. The van der Waals surface area contributed by atoms with E-state index in [9.17, 15) is 22.4 Å². The van der Waals surface area contributed by atoms with Crippen molar-refractivity contribution in [1.29, 1.82) is 0 Å². The monoisotopic (exact) mass is 518 g/mol. The number of aromatic nitrogens is 1. The number of nitrogens with one attached hydrogen (secondary N) is 1. The van der Waals surface area contributed by atoms with Crippen molar-refractivity contribution in [3.63, 3.8) is 0 Å². The van der Waals surface area contributed by atoms with Gasteiger partial charge in [-0.1, -0.05) is 0 Å². The number of carbonyl (C=O) groups excluding carboxylic acids is 1. The van der Waals surface area contributed by atoms with E-state index in [4.69, 9.17) is 4.74 Å². The van der Waals surface area contributed by atoms with E-state index < -0.39 is 40.9 Å². The first kappa shape index (κ1) is 24.2. The van der Waals surface area contributed by atoms with E-state index in [0.717, 1.165) is 29.7 Å². The minimum absolute atomic E-state index is 0.0112. The van der Waals surface area contributed by atoms with Crippen molar-refractivity contribution in [1.82, 2.24) is 10.3 Å². The standard InChI is InChI=1S/C26H19F5N2O2S/c1-26(2,31)21-22-23(20(17(30)11-32-22)12-7-14(28)9-15(29)8-12)36-24(21)25(34)33-18-5-6-35-19-4-3-13(27)10-16(18)19/h3-4,7-11,18H,5-6H2,1-2H3,(H,33,34)/t18-/m0/s1. The number of hydrogen-bond acceptors (Lipinski definition) is 4. The average Bonchev–Trinajstić information content (AvgIpc) is 3.19. The number of hydrogen-bond donors (Lipinski definition) is 1. The molecule has 0 saturated heterocycles. The third-order valence-electron chi connectivity index (χ3n) is 5.92. The van der Waals surface area contributed by atoms with Crippen LogP contribution < -0.4 is 10.1 Å². The summed E-state index contributed by atoms with van der Waals surface area (Å²) in [4.78, 5) is 17.4. The van der Waals surface area contributed by atoms with E-state index in [0.29, 0.717) is 23.8 Å². The molecule has 1 atom stereocenters. The molecule has 2 aromatic carbocycles. The van der Waals surface area contributed by atoms with Gasteiger partial charge in [0.25, 0.3) is 5.91 Å². The smallest absolute Gasteiger partial charge is 0.262 e. The molecule has 2 aromatic heterocycles. The van der Waals surface area contributed by atoms with Crippen molar-refractivity contribution in [3.8, 4) is 16.9 Å². The van der Waals surface area contributed by atoms with Crippen molar-refractivity contribution >= 4 is 27.5 Å². The van der Waals surface area contributed by atoms with Crippen molar-refractivity contribution in [2.75, 3.05) is 6.61 Å². The third kappa shape index (κ3) is 4.30. The van der Waals surface area contributed by atoms with Gasteiger partial charge < -0.3 is 10.1 Å². The van der Waals surface area contributed by atoms with Crippen LogP contribution in [0, 0.1) is 23.3 Å². The molecule has 3 heterocycles. The molecule has 0 radical (unpaired) electrons. The number of amides is 1. The van der Waals surface area contributed by atoms with E-state index in [-0.39, 0.29) is 38.4 Å². The number of pyridine rings is 1. The maximum atomic E-state index is 15.4. The van der Waals surface area contributed by atoms with Gasteiger partial charge in [0.15, 0.2) is 5.82 Å². The molecule has 10 heteroatoms. The lowest BCUT2D eigenvalue weighted by Gasteiger charge is -2.27. The Labute approximate surface area is 206 Å². The minimum Gasteiger partial charge on any atom is -0.493 e. The van der Waals surface area contributed by atoms with Gasteiger partial charge in [-0.15, -0.1) is 11.3 Å². The van der Waals surface area contributed by atoms with E-state index in [2.05, 4.69) is 10.3 Å². The number of benzene rings is 2. The zero-order chi connectivity index (χ0) is 25.8. The lowest BCUT2D eigenvalue weighted by Crippen LogP contribution is -2.33. The molecule has 36 heavy (non-hydrogen) atoms. The molecule has 0 saturated carbocycles. The summed E-state index contributed by atoms with van der Waals surface area (Å²) in [7, 11) is 0. The Morgan fingerprint density at radius 3 is 2.50 bits per heavy atom. The van der Waals surface area contributed by atoms with Crippen molar-refractivity contribution in [3.05, 3.63) is 81.9 Å². The summed E-state index contributed by atoms with van der Waals surface area (Å²) in [5.74, 6) is -3.46. The van der Waals surface area contributed by atoms with Crippen molar-refractivity contribution in [2.45, 2.75) is 32.0 Å². The second-order valence-corrected chi connectivity index (χ2v) is 9.96. The predicted molar refractivity (Wildman–Crippen MR) is 126 cm³/mol. The van der Waals surface area contributed by atoms with Gasteiger partial charge in [-0.05, 0) is 49.7 Å². The fourth-order valence-corrected chi connectivity index (χ4v) is 5.79. The second kappa shape index (κ2) is 8.85. The summed E-state index contributed by atoms with van der Waals surface area (Å²) in [5, 5.41) is 2.80. The molecular weight excluding hydrogens is 499 g/mol. The number of ether oxygens (including phenoxy) is 1. The van der Waals surface area contributed by atoms with Crippen LogP contribution in [0.4, 0.5) is 22.0 Å². The lowest BCUT2D eigenvalue weighted by molar-refractivity contribution is 0.0922. The quantitative estimate of drug-likeness (QED) is 0.297. The van der Waals surface area contributed by atoms with Gasteiger partial charge in [0.1, 0.15) is 33.7 Å². The van der Waals surface area contributed by atoms with E-state index in [1.807, 2.05) is 0 Å². The Kier molecular flexibility index (Phi) is 5.94. The van der Waals surface area contributed by atoms with E-state index in [1.54, 1.807) is 0 Å². The van der Waals surface area contributed by atoms with Gasteiger partial charge in [-0.3, -0.25) is 9.78 Å². The normalized spacial score (nSPS) is 15.5. The van der Waals surface area contributed by atoms with Gasteiger partial charge in [-0.25, -0.2) is 22.0 Å². The van der Waals surface area contributed by atoms with Crippen LogP contribution in [0.15, 0.2) is 42.6 Å². The summed E-state index contributed by atoms with van der Waals surface area (Å²) >= 11 is 0.774. The first-order valence-corrected chi connectivity index (χ1v) is 11.8. The van der Waals surface area contributed by atoms with Gasteiger partial charge in [0.05, 0.1) is 29.1 Å². The van der Waals surface area contributed by atoms with Crippen LogP contribution in [-0.4, -0.2) is 17.5 Å². The van der Waals surface area contributed by atoms with Crippen LogP contribution in [0.1, 0.15) is 47.1 Å². The molecule has 1 aliphatic rings. The fourth-order valence-electron chi connectivity index (χ4n) is 4.43. The molecule has 0 fully saturated rings. The zero-order valence-electron chi connectivity index (χ0n) is 19.1. The molecule has 4 aromatic rings. The number of nitrogens with zero attached hydrogens (tertiary/aromatic N) is 1. The van der Waals surface area contributed by atoms with Gasteiger partial charge in [0, 0.05) is 29.2 Å². The highest BCUT2D eigenvalue weighted by atomic mass is 32.1. The summed E-state index contributed by atoms with van der Waals surface area (Å²) in [5.41, 5.74) is -1.99.